The summed E-state index contributed by atoms with van der Waals surface area (Å²) >= 11 is 1.25. The van der Waals surface area contributed by atoms with E-state index in [0.29, 0.717) is 21.7 Å². The van der Waals surface area contributed by atoms with Crippen LogP contribution < -0.4 is 5.32 Å². The average molecular weight is 289 g/mol. The summed E-state index contributed by atoms with van der Waals surface area (Å²) in [5, 5.41) is 13.1. The largest absolute Gasteiger partial charge is 0.384 e. The minimum absolute atomic E-state index is 0.264. The molecular formula is C15H12FNO2S. The summed E-state index contributed by atoms with van der Waals surface area (Å²) in [5.74, 6) is 4.51. The van der Waals surface area contributed by atoms with Crippen LogP contribution in [0.5, 0.6) is 0 Å². The molecule has 1 aromatic heterocycles. The number of benzene rings is 1. The van der Waals surface area contributed by atoms with Crippen molar-refractivity contribution in [2.45, 2.75) is 6.92 Å². The van der Waals surface area contributed by atoms with Crippen molar-refractivity contribution in [3.8, 4) is 11.8 Å². The van der Waals surface area contributed by atoms with Gasteiger partial charge in [-0.1, -0.05) is 17.9 Å². The zero-order chi connectivity index (χ0) is 14.5. The lowest BCUT2D eigenvalue weighted by Gasteiger charge is -2.08. The van der Waals surface area contributed by atoms with Crippen LogP contribution in [0.1, 0.15) is 20.8 Å². The van der Waals surface area contributed by atoms with Crippen molar-refractivity contribution in [3.05, 3.63) is 51.5 Å². The predicted octanol–water partition coefficient (Wildman–Crippen LogP) is 2.79. The Morgan fingerprint density at radius 2 is 2.25 bits per heavy atom. The van der Waals surface area contributed by atoms with Crippen molar-refractivity contribution >= 4 is 22.9 Å². The molecule has 102 valence electrons. The van der Waals surface area contributed by atoms with Crippen molar-refractivity contribution in [1.29, 1.82) is 0 Å². The minimum Gasteiger partial charge on any atom is -0.384 e. The van der Waals surface area contributed by atoms with E-state index in [-0.39, 0.29) is 18.3 Å². The first-order valence-electron chi connectivity index (χ1n) is 5.87. The van der Waals surface area contributed by atoms with Crippen molar-refractivity contribution in [2.24, 2.45) is 0 Å². The van der Waals surface area contributed by atoms with Crippen molar-refractivity contribution in [1.82, 2.24) is 0 Å². The molecule has 0 aliphatic heterocycles. The molecule has 0 atom stereocenters. The number of aliphatic hydroxyl groups excluding tert-OH is 1. The number of halogens is 1. The van der Waals surface area contributed by atoms with Gasteiger partial charge in [0.2, 0.25) is 0 Å². The van der Waals surface area contributed by atoms with Crippen LogP contribution in [0.3, 0.4) is 0 Å². The van der Waals surface area contributed by atoms with E-state index in [1.807, 2.05) is 0 Å². The SMILES string of the molecule is Cc1c(F)cccc1NC(=O)c1sccc1C#CCO. The third kappa shape index (κ3) is 3.05. The van der Waals surface area contributed by atoms with Crippen LogP contribution in [0.2, 0.25) is 0 Å². The second kappa shape index (κ2) is 6.33. The fourth-order valence-electron chi connectivity index (χ4n) is 1.64. The molecule has 20 heavy (non-hydrogen) atoms. The molecule has 0 fully saturated rings. The molecule has 2 aromatic rings. The van der Waals surface area contributed by atoms with Gasteiger partial charge in [-0.15, -0.1) is 11.3 Å². The lowest BCUT2D eigenvalue weighted by atomic mass is 10.2. The molecule has 0 spiro atoms. The number of thiophene rings is 1. The van der Waals surface area contributed by atoms with Crippen molar-refractivity contribution in [3.63, 3.8) is 0 Å². The standard InChI is InChI=1S/C15H12FNO2S/c1-10-12(16)5-2-6-13(10)17-15(19)14-11(4-3-8-18)7-9-20-14/h2,5-7,9,18H,8H2,1H3,(H,17,19). The highest BCUT2D eigenvalue weighted by atomic mass is 32.1. The second-order valence-electron chi connectivity index (χ2n) is 3.99. The zero-order valence-electron chi connectivity index (χ0n) is 10.7. The maximum Gasteiger partial charge on any atom is 0.267 e. The predicted molar refractivity (Wildman–Crippen MR) is 77.4 cm³/mol. The van der Waals surface area contributed by atoms with Gasteiger partial charge in [-0.3, -0.25) is 4.79 Å². The van der Waals surface area contributed by atoms with Crippen LogP contribution in [0.4, 0.5) is 10.1 Å². The number of rotatable bonds is 2. The molecule has 1 aromatic carbocycles. The first-order valence-corrected chi connectivity index (χ1v) is 6.75. The van der Waals surface area contributed by atoms with Gasteiger partial charge in [0, 0.05) is 16.8 Å². The van der Waals surface area contributed by atoms with Gasteiger partial charge in [0.05, 0.1) is 0 Å². The number of hydrogen-bond acceptors (Lipinski definition) is 3. The van der Waals surface area contributed by atoms with E-state index in [4.69, 9.17) is 5.11 Å². The highest BCUT2D eigenvalue weighted by Crippen LogP contribution is 2.21. The fraction of sp³-hybridized carbons (Fsp3) is 0.133. The summed E-state index contributed by atoms with van der Waals surface area (Å²) in [6, 6.07) is 6.23. The summed E-state index contributed by atoms with van der Waals surface area (Å²) in [4.78, 5) is 12.6. The maximum atomic E-state index is 13.4. The first kappa shape index (κ1) is 14.3. The molecule has 0 saturated heterocycles. The number of nitrogens with one attached hydrogen (secondary N) is 1. The Labute approximate surface area is 120 Å². The van der Waals surface area contributed by atoms with Gasteiger partial charge in [0.1, 0.15) is 17.3 Å². The Morgan fingerprint density at radius 3 is 3.00 bits per heavy atom. The van der Waals surface area contributed by atoms with Crippen LogP contribution in [0.25, 0.3) is 0 Å². The number of carbonyl (C=O) groups excluding carboxylic acids is 1. The Kier molecular flexibility index (Phi) is 4.51. The Bertz CT molecular complexity index is 697. The van der Waals surface area contributed by atoms with E-state index < -0.39 is 0 Å². The molecule has 0 saturated carbocycles. The molecule has 5 heteroatoms. The van der Waals surface area contributed by atoms with Gasteiger partial charge in [-0.25, -0.2) is 4.39 Å². The second-order valence-corrected chi connectivity index (χ2v) is 4.91. The summed E-state index contributed by atoms with van der Waals surface area (Å²) in [6.07, 6.45) is 0. The topological polar surface area (TPSA) is 49.3 Å². The molecule has 1 heterocycles. The highest BCUT2D eigenvalue weighted by Gasteiger charge is 2.14. The quantitative estimate of drug-likeness (QED) is 0.835. The Morgan fingerprint density at radius 1 is 1.45 bits per heavy atom. The Hall–Kier alpha value is -2.16. The van der Waals surface area contributed by atoms with Crippen LogP contribution in [-0.4, -0.2) is 17.6 Å². The van der Waals surface area contributed by atoms with E-state index >= 15 is 0 Å². The van der Waals surface area contributed by atoms with Gasteiger partial charge in [0.15, 0.2) is 0 Å². The van der Waals surface area contributed by atoms with Crippen molar-refractivity contribution in [2.75, 3.05) is 11.9 Å². The molecule has 0 bridgehead atoms. The van der Waals surface area contributed by atoms with E-state index in [2.05, 4.69) is 17.2 Å². The zero-order valence-corrected chi connectivity index (χ0v) is 11.6. The lowest BCUT2D eigenvalue weighted by Crippen LogP contribution is -2.12. The molecule has 0 aliphatic rings. The van der Waals surface area contributed by atoms with E-state index in [1.165, 1.54) is 17.4 Å². The summed E-state index contributed by atoms with van der Waals surface area (Å²) in [6.45, 7) is 1.34. The van der Waals surface area contributed by atoms with Gasteiger partial charge in [-0.05, 0) is 30.5 Å². The lowest BCUT2D eigenvalue weighted by molar-refractivity contribution is 0.103. The molecule has 0 aliphatic carbocycles. The van der Waals surface area contributed by atoms with Crippen LogP contribution in [-0.2, 0) is 0 Å². The van der Waals surface area contributed by atoms with Crippen LogP contribution in [0.15, 0.2) is 29.6 Å². The number of anilines is 1. The normalized spacial score (nSPS) is 9.75. The number of carbonyl (C=O) groups is 1. The monoisotopic (exact) mass is 289 g/mol. The molecule has 2 rings (SSSR count). The summed E-state index contributed by atoms with van der Waals surface area (Å²) in [7, 11) is 0. The molecule has 3 nitrogen and oxygen atoms in total. The number of hydrogen-bond donors (Lipinski definition) is 2. The molecule has 0 radical (unpaired) electrons. The third-order valence-corrected chi connectivity index (χ3v) is 3.60. The number of amides is 1. The van der Waals surface area contributed by atoms with Crippen LogP contribution >= 0.6 is 11.3 Å². The van der Waals surface area contributed by atoms with Crippen molar-refractivity contribution < 1.29 is 14.3 Å². The van der Waals surface area contributed by atoms with Crippen LogP contribution in [0, 0.1) is 24.6 Å². The molecule has 1 amide bonds. The molecular weight excluding hydrogens is 277 g/mol. The number of aliphatic hydroxyl groups is 1. The van der Waals surface area contributed by atoms with E-state index in [0.717, 1.165) is 0 Å². The fourth-order valence-corrected chi connectivity index (χ4v) is 2.38. The molecule has 0 unspecified atom stereocenters. The minimum atomic E-state index is -0.366. The summed E-state index contributed by atoms with van der Waals surface area (Å²) < 4.78 is 13.4. The van der Waals surface area contributed by atoms with Gasteiger partial charge in [-0.2, -0.15) is 0 Å². The maximum absolute atomic E-state index is 13.4. The van der Waals surface area contributed by atoms with Gasteiger partial charge < -0.3 is 10.4 Å². The Balaban J connectivity index is 2.25. The van der Waals surface area contributed by atoms with E-state index in [1.54, 1.807) is 30.5 Å². The highest BCUT2D eigenvalue weighted by molar-refractivity contribution is 7.12. The van der Waals surface area contributed by atoms with E-state index in [9.17, 15) is 9.18 Å². The average Bonchev–Trinajstić information content (AvgIpc) is 2.90. The smallest absolute Gasteiger partial charge is 0.267 e. The third-order valence-electron chi connectivity index (χ3n) is 2.69. The van der Waals surface area contributed by atoms with Gasteiger partial charge >= 0.3 is 0 Å². The first-order chi connectivity index (χ1) is 9.63. The molecule has 2 N–H and O–H groups in total. The summed E-state index contributed by atoms with van der Waals surface area (Å²) in [5.41, 5.74) is 1.38. The van der Waals surface area contributed by atoms with Gasteiger partial charge in [0.25, 0.3) is 5.91 Å².